The normalized spacial score (nSPS) is 15.9. The molecular weight excluding hydrogens is 378 g/mol. The van der Waals surface area contributed by atoms with Crippen LogP contribution in [0.2, 0.25) is 5.02 Å². The minimum atomic E-state index is -4.12. The van der Waals surface area contributed by atoms with E-state index in [1.54, 1.807) is 6.07 Å². The van der Waals surface area contributed by atoms with Gasteiger partial charge in [-0.15, -0.1) is 0 Å². The molecule has 0 radical (unpaired) electrons. The number of nitrogens with zero attached hydrogens (tertiary/aromatic N) is 2. The third kappa shape index (κ3) is 2.81. The van der Waals surface area contributed by atoms with E-state index in [1.807, 2.05) is 6.07 Å². The van der Waals surface area contributed by atoms with Crippen LogP contribution in [0, 0.1) is 11.3 Å². The average molecular weight is 390 g/mol. The first-order valence-corrected chi connectivity index (χ1v) is 9.27. The molecule has 0 fully saturated rings. The Kier molecular flexibility index (Phi) is 4.44. The van der Waals surface area contributed by atoms with Crippen molar-refractivity contribution in [3.63, 3.8) is 0 Å². The lowest BCUT2D eigenvalue weighted by Gasteiger charge is -2.22. The molecule has 0 aliphatic carbocycles. The van der Waals surface area contributed by atoms with Gasteiger partial charge in [0.25, 0.3) is 15.9 Å². The maximum absolute atomic E-state index is 12.6. The molecule has 2 aromatic carbocycles. The highest BCUT2D eigenvalue weighted by Crippen LogP contribution is 2.32. The Balaban J connectivity index is 1.92. The molecule has 2 aromatic rings. The minimum Gasteiger partial charge on any atom is -0.323 e. The minimum absolute atomic E-state index is 0.0209. The number of rotatable bonds is 3. The SMILES string of the molecule is C[C@@H](C(=O)Nc1cc(Cl)ccc1C#N)N1C(=O)c2ccccc2S1(=O)=O. The number of halogens is 1. The number of amides is 2. The number of sulfonamides is 1. The van der Waals surface area contributed by atoms with Crippen LogP contribution in [0.5, 0.6) is 0 Å². The highest BCUT2D eigenvalue weighted by atomic mass is 35.5. The van der Waals surface area contributed by atoms with E-state index >= 15 is 0 Å². The topological polar surface area (TPSA) is 107 Å². The van der Waals surface area contributed by atoms with Gasteiger partial charge in [-0.1, -0.05) is 23.7 Å². The number of benzene rings is 2. The molecule has 0 saturated heterocycles. The lowest BCUT2D eigenvalue weighted by molar-refractivity contribution is -0.118. The van der Waals surface area contributed by atoms with Crippen molar-refractivity contribution in [2.24, 2.45) is 0 Å². The Morgan fingerprint density at radius 3 is 2.62 bits per heavy atom. The van der Waals surface area contributed by atoms with Crippen molar-refractivity contribution in [2.45, 2.75) is 17.9 Å². The van der Waals surface area contributed by atoms with E-state index in [1.165, 1.54) is 43.3 Å². The van der Waals surface area contributed by atoms with Crippen molar-refractivity contribution in [1.29, 1.82) is 5.26 Å². The van der Waals surface area contributed by atoms with Gasteiger partial charge in [-0.2, -0.15) is 5.26 Å². The Labute approximate surface area is 154 Å². The molecule has 0 unspecified atom stereocenters. The molecule has 1 N–H and O–H groups in total. The first-order valence-electron chi connectivity index (χ1n) is 7.45. The van der Waals surface area contributed by atoms with Crippen LogP contribution in [0.25, 0.3) is 0 Å². The van der Waals surface area contributed by atoms with Crippen molar-refractivity contribution in [3.8, 4) is 6.07 Å². The molecule has 132 valence electrons. The van der Waals surface area contributed by atoms with Gasteiger partial charge >= 0.3 is 0 Å². The summed E-state index contributed by atoms with van der Waals surface area (Å²) in [6.07, 6.45) is 0. The van der Waals surface area contributed by atoms with Gasteiger partial charge in [0.2, 0.25) is 5.91 Å². The zero-order chi connectivity index (χ0) is 19.1. The first kappa shape index (κ1) is 17.9. The number of nitriles is 1. The summed E-state index contributed by atoms with van der Waals surface area (Å²) in [5.41, 5.74) is 0.319. The molecule has 0 aromatic heterocycles. The highest BCUT2D eigenvalue weighted by Gasteiger charge is 2.45. The number of hydrogen-bond acceptors (Lipinski definition) is 5. The van der Waals surface area contributed by atoms with Crippen molar-refractivity contribution < 1.29 is 18.0 Å². The van der Waals surface area contributed by atoms with Gasteiger partial charge in [-0.05, 0) is 37.3 Å². The van der Waals surface area contributed by atoms with Crippen LogP contribution in [-0.4, -0.2) is 30.6 Å². The van der Waals surface area contributed by atoms with Gasteiger partial charge in [0.05, 0.1) is 16.8 Å². The fourth-order valence-corrected chi connectivity index (χ4v) is 4.54. The van der Waals surface area contributed by atoms with Crippen LogP contribution in [0.15, 0.2) is 47.4 Å². The van der Waals surface area contributed by atoms with Crippen molar-refractivity contribution >= 4 is 39.1 Å². The van der Waals surface area contributed by atoms with E-state index in [0.717, 1.165) is 0 Å². The molecule has 1 atom stereocenters. The predicted octanol–water partition coefficient (Wildman–Crippen LogP) is 2.38. The van der Waals surface area contributed by atoms with Crippen LogP contribution in [-0.2, 0) is 14.8 Å². The number of fused-ring (bicyclic) bond motifs is 1. The van der Waals surface area contributed by atoms with Crippen LogP contribution in [0.4, 0.5) is 5.69 Å². The largest absolute Gasteiger partial charge is 0.323 e. The highest BCUT2D eigenvalue weighted by molar-refractivity contribution is 7.90. The fourth-order valence-electron chi connectivity index (χ4n) is 2.65. The Hall–Kier alpha value is -2.89. The zero-order valence-corrected chi connectivity index (χ0v) is 15.0. The lowest BCUT2D eigenvalue weighted by atomic mass is 10.1. The summed E-state index contributed by atoms with van der Waals surface area (Å²) >= 11 is 5.87. The van der Waals surface area contributed by atoms with Crippen LogP contribution in [0.1, 0.15) is 22.8 Å². The van der Waals surface area contributed by atoms with Gasteiger partial charge in [0.15, 0.2) is 0 Å². The number of carbonyl (C=O) groups excluding carboxylic acids is 2. The van der Waals surface area contributed by atoms with Crippen LogP contribution >= 0.6 is 11.6 Å². The van der Waals surface area contributed by atoms with Gasteiger partial charge < -0.3 is 5.32 Å². The summed E-state index contributed by atoms with van der Waals surface area (Å²) in [6.45, 7) is 1.30. The smallest absolute Gasteiger partial charge is 0.269 e. The number of anilines is 1. The molecule has 1 aliphatic heterocycles. The van der Waals surface area contributed by atoms with Crippen molar-refractivity contribution in [2.75, 3.05) is 5.32 Å². The number of hydrogen-bond donors (Lipinski definition) is 1. The molecule has 7 nitrogen and oxygen atoms in total. The monoisotopic (exact) mass is 389 g/mol. The van der Waals surface area contributed by atoms with Gasteiger partial charge in [0.1, 0.15) is 17.0 Å². The van der Waals surface area contributed by atoms with Gasteiger partial charge in [-0.25, -0.2) is 12.7 Å². The van der Waals surface area contributed by atoms with Crippen molar-refractivity contribution in [3.05, 3.63) is 58.6 Å². The molecule has 26 heavy (non-hydrogen) atoms. The van der Waals surface area contributed by atoms with Crippen LogP contribution < -0.4 is 5.32 Å². The predicted molar refractivity (Wildman–Crippen MR) is 94.1 cm³/mol. The second kappa shape index (κ2) is 6.44. The second-order valence-electron chi connectivity index (χ2n) is 5.57. The molecule has 1 heterocycles. The van der Waals surface area contributed by atoms with E-state index in [-0.39, 0.29) is 21.7 Å². The Bertz CT molecular complexity index is 1080. The Morgan fingerprint density at radius 1 is 1.27 bits per heavy atom. The molecule has 2 amide bonds. The third-order valence-corrected chi connectivity index (χ3v) is 6.09. The van der Waals surface area contributed by atoms with Gasteiger partial charge in [-0.3, -0.25) is 9.59 Å². The quantitative estimate of drug-likeness (QED) is 0.867. The molecule has 3 rings (SSSR count). The summed E-state index contributed by atoms with van der Waals surface area (Å²) < 4.78 is 25.8. The molecular formula is C17H12ClN3O4S. The van der Waals surface area contributed by atoms with E-state index in [9.17, 15) is 18.0 Å². The zero-order valence-electron chi connectivity index (χ0n) is 13.4. The molecule has 9 heteroatoms. The summed E-state index contributed by atoms with van der Waals surface area (Å²) in [6, 6.07) is 10.6. The summed E-state index contributed by atoms with van der Waals surface area (Å²) in [5, 5.41) is 11.9. The number of carbonyl (C=O) groups is 2. The molecule has 0 spiro atoms. The van der Waals surface area contributed by atoms with E-state index in [0.29, 0.717) is 9.33 Å². The van der Waals surface area contributed by atoms with Gasteiger partial charge in [0, 0.05) is 5.02 Å². The average Bonchev–Trinajstić information content (AvgIpc) is 2.81. The first-order chi connectivity index (χ1) is 12.3. The third-order valence-electron chi connectivity index (χ3n) is 3.95. The maximum Gasteiger partial charge on any atom is 0.269 e. The van der Waals surface area contributed by atoms with E-state index in [4.69, 9.17) is 16.9 Å². The van der Waals surface area contributed by atoms with Crippen molar-refractivity contribution in [1.82, 2.24) is 4.31 Å². The summed E-state index contributed by atoms with van der Waals surface area (Å²) in [5.74, 6) is -1.52. The summed E-state index contributed by atoms with van der Waals surface area (Å²) in [4.78, 5) is 24.9. The van der Waals surface area contributed by atoms with E-state index in [2.05, 4.69) is 5.32 Å². The molecule has 1 aliphatic rings. The Morgan fingerprint density at radius 2 is 1.96 bits per heavy atom. The summed E-state index contributed by atoms with van der Waals surface area (Å²) in [7, 11) is -4.12. The second-order valence-corrected chi connectivity index (χ2v) is 7.79. The fraction of sp³-hybridized carbons (Fsp3) is 0.118. The maximum atomic E-state index is 12.6. The lowest BCUT2D eigenvalue weighted by Crippen LogP contribution is -2.45. The number of nitrogens with one attached hydrogen (secondary N) is 1. The molecule has 0 saturated carbocycles. The van der Waals surface area contributed by atoms with Crippen LogP contribution in [0.3, 0.4) is 0 Å². The van der Waals surface area contributed by atoms with E-state index < -0.39 is 27.9 Å². The molecule has 0 bridgehead atoms. The standard InChI is InChI=1S/C17H12ClN3O4S/c1-10(16(22)20-14-8-12(18)7-6-11(14)9-19)21-17(23)13-4-2-3-5-15(13)26(21,24)25/h2-8,10H,1H3,(H,20,22)/t10-/m0/s1.